The Balaban J connectivity index is 2.05. The molecule has 0 saturated carbocycles. The van der Waals surface area contributed by atoms with E-state index in [1.54, 1.807) is 30.3 Å². The van der Waals surface area contributed by atoms with Gasteiger partial charge >= 0.3 is 11.7 Å². The van der Waals surface area contributed by atoms with Gasteiger partial charge in [0.1, 0.15) is 17.4 Å². The summed E-state index contributed by atoms with van der Waals surface area (Å²) in [5.41, 5.74) is 4.03. The topological polar surface area (TPSA) is 142 Å². The van der Waals surface area contributed by atoms with Crippen LogP contribution in [0.3, 0.4) is 0 Å². The first kappa shape index (κ1) is 20.6. The van der Waals surface area contributed by atoms with E-state index in [9.17, 15) is 24.0 Å². The Hall–Kier alpha value is -3.69. The Kier molecular flexibility index (Phi) is 6.14. The number of carbonyl (C=O) groups is 3. The summed E-state index contributed by atoms with van der Waals surface area (Å²) in [5, 5.41) is 2.45. The summed E-state index contributed by atoms with van der Waals surface area (Å²) in [4.78, 5) is 60.3. The lowest BCUT2D eigenvalue weighted by atomic mass is 10.2. The second-order valence-electron chi connectivity index (χ2n) is 6.06. The van der Waals surface area contributed by atoms with E-state index >= 15 is 0 Å². The van der Waals surface area contributed by atoms with Crippen LogP contribution in [-0.4, -0.2) is 39.4 Å². The number of rotatable bonds is 6. The second-order valence-corrected chi connectivity index (χ2v) is 6.06. The quantitative estimate of drug-likeness (QED) is 0.488. The number of hydrogen-bond donors (Lipinski definition) is 2. The number of anilines is 1. The van der Waals surface area contributed by atoms with Crippen molar-refractivity contribution in [1.82, 2.24) is 14.5 Å². The normalized spacial score (nSPS) is 11.5. The second kappa shape index (κ2) is 8.33. The predicted molar refractivity (Wildman–Crippen MR) is 100.0 cm³/mol. The zero-order chi connectivity index (χ0) is 21.0. The van der Waals surface area contributed by atoms with Gasteiger partial charge in [0.25, 0.3) is 11.5 Å². The molecular weight excluding hydrogens is 368 g/mol. The molecule has 2 aromatic rings. The number of carbonyl (C=O) groups excluding carboxylic acids is 3. The maximum Gasteiger partial charge on any atom is 0.332 e. The van der Waals surface area contributed by atoms with Crippen molar-refractivity contribution in [3.05, 3.63) is 62.3 Å². The van der Waals surface area contributed by atoms with Gasteiger partial charge in [-0.25, -0.2) is 9.59 Å². The summed E-state index contributed by atoms with van der Waals surface area (Å²) in [6, 6.07) is 7.23. The van der Waals surface area contributed by atoms with Gasteiger partial charge in [-0.2, -0.15) is 0 Å². The molecule has 10 nitrogen and oxygen atoms in total. The number of Topliss-reactive ketones (excluding diaryl/α,β-unsaturated/α-hetero) is 1. The van der Waals surface area contributed by atoms with Crippen LogP contribution in [0.1, 0.15) is 27.6 Å². The number of nitrogens with one attached hydrogen (secondary N) is 1. The third kappa shape index (κ3) is 4.17. The van der Waals surface area contributed by atoms with E-state index in [2.05, 4.69) is 5.32 Å². The smallest absolute Gasteiger partial charge is 0.332 e. The van der Waals surface area contributed by atoms with E-state index in [1.807, 2.05) is 0 Å². The highest BCUT2D eigenvalue weighted by atomic mass is 16.5. The van der Waals surface area contributed by atoms with Crippen molar-refractivity contribution in [1.29, 1.82) is 0 Å². The third-order valence-electron chi connectivity index (χ3n) is 4.07. The summed E-state index contributed by atoms with van der Waals surface area (Å²) in [6.07, 6.45) is 0. The van der Waals surface area contributed by atoms with Gasteiger partial charge in [0, 0.05) is 19.7 Å². The van der Waals surface area contributed by atoms with Crippen LogP contribution < -0.4 is 22.3 Å². The standard InChI is InChI=1S/C18H20N4O6/c1-10(20-15(24)11-7-5-4-6-8-11)17(26)28-9-12(23)13-14(19)21(2)18(27)22(3)16(13)25/h4-8,10H,9,19H2,1-3H3,(H,20,24)/t10-/m1/s1. The summed E-state index contributed by atoms with van der Waals surface area (Å²) in [5.74, 6) is -2.52. The highest BCUT2D eigenvalue weighted by Crippen LogP contribution is 2.05. The minimum absolute atomic E-state index is 0.320. The largest absolute Gasteiger partial charge is 0.456 e. The Morgan fingerprint density at radius 2 is 1.71 bits per heavy atom. The highest BCUT2D eigenvalue weighted by molar-refractivity contribution is 6.01. The fraction of sp³-hybridized carbons (Fsp3) is 0.278. The fourth-order valence-electron chi connectivity index (χ4n) is 2.38. The van der Waals surface area contributed by atoms with E-state index in [4.69, 9.17) is 10.5 Å². The fourth-order valence-corrected chi connectivity index (χ4v) is 2.38. The van der Waals surface area contributed by atoms with Crippen LogP contribution in [0.2, 0.25) is 0 Å². The monoisotopic (exact) mass is 388 g/mol. The van der Waals surface area contributed by atoms with E-state index in [-0.39, 0.29) is 5.82 Å². The molecule has 0 aliphatic rings. The van der Waals surface area contributed by atoms with Crippen LogP contribution in [0.4, 0.5) is 5.82 Å². The molecule has 0 aliphatic carbocycles. The molecule has 0 bridgehead atoms. The molecule has 148 valence electrons. The number of ether oxygens (including phenoxy) is 1. The lowest BCUT2D eigenvalue weighted by molar-refractivity contribution is -0.144. The number of nitrogens with zero attached hydrogens (tertiary/aromatic N) is 2. The lowest BCUT2D eigenvalue weighted by Crippen LogP contribution is -2.43. The molecule has 28 heavy (non-hydrogen) atoms. The van der Waals surface area contributed by atoms with Crippen LogP contribution >= 0.6 is 0 Å². The first-order valence-corrected chi connectivity index (χ1v) is 8.26. The molecule has 1 aromatic carbocycles. The molecule has 1 heterocycles. The van der Waals surface area contributed by atoms with Crippen molar-refractivity contribution in [2.75, 3.05) is 12.3 Å². The number of hydrogen-bond acceptors (Lipinski definition) is 7. The molecular formula is C18H20N4O6. The molecule has 10 heteroatoms. The average molecular weight is 388 g/mol. The SMILES string of the molecule is C[C@@H](NC(=O)c1ccccc1)C(=O)OCC(=O)c1c(N)n(C)c(=O)n(C)c1=O. The zero-order valence-corrected chi connectivity index (χ0v) is 15.6. The van der Waals surface area contributed by atoms with Crippen molar-refractivity contribution in [2.24, 2.45) is 14.1 Å². The van der Waals surface area contributed by atoms with Gasteiger partial charge in [0.2, 0.25) is 5.78 Å². The Labute approximate surface area is 159 Å². The van der Waals surface area contributed by atoms with Crippen LogP contribution in [-0.2, 0) is 23.6 Å². The molecule has 1 amide bonds. The number of esters is 1. The molecule has 0 saturated heterocycles. The van der Waals surface area contributed by atoms with E-state index < -0.39 is 47.1 Å². The number of aromatic nitrogens is 2. The molecule has 0 radical (unpaired) electrons. The van der Waals surface area contributed by atoms with Crippen LogP contribution in [0, 0.1) is 0 Å². The van der Waals surface area contributed by atoms with Gasteiger partial charge in [0.15, 0.2) is 6.61 Å². The number of nitrogens with two attached hydrogens (primary N) is 1. The van der Waals surface area contributed by atoms with Gasteiger partial charge < -0.3 is 15.8 Å². The van der Waals surface area contributed by atoms with Crippen molar-refractivity contribution in [3.63, 3.8) is 0 Å². The predicted octanol–water partition coefficient (Wildman–Crippen LogP) is -0.789. The van der Waals surface area contributed by atoms with Crippen molar-refractivity contribution in [3.8, 4) is 0 Å². The molecule has 3 N–H and O–H groups in total. The van der Waals surface area contributed by atoms with Crippen molar-refractivity contribution in [2.45, 2.75) is 13.0 Å². The molecule has 1 atom stereocenters. The van der Waals surface area contributed by atoms with Crippen molar-refractivity contribution >= 4 is 23.5 Å². The maximum atomic E-state index is 12.3. The number of ketones is 1. The molecule has 0 aliphatic heterocycles. The first-order valence-electron chi connectivity index (χ1n) is 8.26. The minimum Gasteiger partial charge on any atom is -0.456 e. The van der Waals surface area contributed by atoms with Gasteiger partial charge in [-0.05, 0) is 19.1 Å². The highest BCUT2D eigenvalue weighted by Gasteiger charge is 2.23. The van der Waals surface area contributed by atoms with E-state index in [0.717, 1.165) is 9.13 Å². The number of benzene rings is 1. The Morgan fingerprint density at radius 3 is 2.32 bits per heavy atom. The van der Waals surface area contributed by atoms with Gasteiger partial charge in [0.05, 0.1) is 0 Å². The Morgan fingerprint density at radius 1 is 1.11 bits per heavy atom. The molecule has 0 unspecified atom stereocenters. The average Bonchev–Trinajstić information content (AvgIpc) is 2.69. The van der Waals surface area contributed by atoms with E-state index in [0.29, 0.717) is 5.56 Å². The summed E-state index contributed by atoms with van der Waals surface area (Å²) in [6.45, 7) is 0.634. The van der Waals surface area contributed by atoms with Crippen molar-refractivity contribution < 1.29 is 19.1 Å². The summed E-state index contributed by atoms with van der Waals surface area (Å²) >= 11 is 0. The molecule has 1 aromatic heterocycles. The first-order chi connectivity index (χ1) is 13.1. The minimum atomic E-state index is -1.03. The summed E-state index contributed by atoms with van der Waals surface area (Å²) < 4.78 is 6.56. The van der Waals surface area contributed by atoms with Gasteiger partial charge in [-0.15, -0.1) is 0 Å². The molecule has 2 rings (SSSR count). The van der Waals surface area contributed by atoms with E-state index in [1.165, 1.54) is 21.0 Å². The van der Waals surface area contributed by atoms with Crippen LogP contribution in [0.5, 0.6) is 0 Å². The summed E-state index contributed by atoms with van der Waals surface area (Å²) in [7, 11) is 2.51. The van der Waals surface area contributed by atoms with Gasteiger partial charge in [-0.3, -0.25) is 23.5 Å². The number of amides is 1. The van der Waals surface area contributed by atoms with Crippen LogP contribution in [0.25, 0.3) is 0 Å². The van der Waals surface area contributed by atoms with Crippen LogP contribution in [0.15, 0.2) is 39.9 Å². The molecule has 0 spiro atoms. The zero-order valence-electron chi connectivity index (χ0n) is 15.6. The Bertz CT molecular complexity index is 1040. The number of nitrogen functional groups attached to an aromatic ring is 1. The maximum absolute atomic E-state index is 12.3. The third-order valence-corrected chi connectivity index (χ3v) is 4.07. The lowest BCUT2D eigenvalue weighted by Gasteiger charge is -2.14. The molecule has 0 fully saturated rings. The van der Waals surface area contributed by atoms with Gasteiger partial charge in [-0.1, -0.05) is 18.2 Å².